The minimum atomic E-state index is -4.98. The van der Waals surface area contributed by atoms with E-state index in [2.05, 4.69) is 20.1 Å². The summed E-state index contributed by atoms with van der Waals surface area (Å²) < 4.78 is 113. The first-order valence-electron chi connectivity index (χ1n) is 8.70. The summed E-state index contributed by atoms with van der Waals surface area (Å²) in [6.07, 6.45) is -9.88. The summed E-state index contributed by atoms with van der Waals surface area (Å²) in [5.41, 5.74) is -3.80. The number of ether oxygens (including phenoxy) is 2. The van der Waals surface area contributed by atoms with Crippen molar-refractivity contribution >= 4 is 0 Å². The first-order valence-corrected chi connectivity index (χ1v) is 8.70. The van der Waals surface area contributed by atoms with Gasteiger partial charge in [-0.2, -0.15) is 40.4 Å². The van der Waals surface area contributed by atoms with Crippen LogP contribution in [0.1, 0.15) is 22.4 Å². The van der Waals surface area contributed by atoms with E-state index in [0.717, 1.165) is 18.2 Å². The maximum atomic E-state index is 13.3. The Labute approximate surface area is 179 Å². The lowest BCUT2D eigenvalue weighted by Crippen LogP contribution is -2.14. The maximum absolute atomic E-state index is 13.3. The van der Waals surface area contributed by atoms with Gasteiger partial charge in [-0.3, -0.25) is 0 Å². The molecule has 2 aromatic carbocycles. The van der Waals surface area contributed by atoms with Crippen LogP contribution in [0.3, 0.4) is 0 Å². The highest BCUT2D eigenvalue weighted by molar-refractivity contribution is 5.67. The van der Waals surface area contributed by atoms with Gasteiger partial charge in [0.05, 0.1) is 11.1 Å². The summed E-state index contributed by atoms with van der Waals surface area (Å²) in [5.74, 6) is -0.829. The number of nitrogens with one attached hydrogen (secondary N) is 1. The van der Waals surface area contributed by atoms with E-state index in [-0.39, 0.29) is 40.9 Å². The van der Waals surface area contributed by atoms with Crippen LogP contribution in [0.2, 0.25) is 0 Å². The standard InChI is InChI=1S/C19H10F8N4O2/c20-17(21)33-13-5-9(16-15(7-28)29-31-30-16)4-12(6-13)32-8-10-3-11(18(22,23)24)1-2-14(10)19(25,26)27/h1-6,17H,8H2,(H,29,30,31). The molecule has 0 aliphatic heterocycles. The van der Waals surface area contributed by atoms with Gasteiger partial charge in [-0.15, -0.1) is 5.10 Å². The van der Waals surface area contributed by atoms with Crippen molar-refractivity contribution in [3.05, 3.63) is 58.8 Å². The number of aromatic amines is 1. The van der Waals surface area contributed by atoms with E-state index in [1.54, 1.807) is 6.07 Å². The summed E-state index contributed by atoms with van der Waals surface area (Å²) in [6, 6.07) is 5.62. The Kier molecular flexibility index (Phi) is 6.43. The van der Waals surface area contributed by atoms with Gasteiger partial charge in [-0.25, -0.2) is 5.10 Å². The van der Waals surface area contributed by atoms with Crippen molar-refractivity contribution in [1.82, 2.24) is 15.4 Å². The quantitative estimate of drug-likeness (QED) is 0.469. The van der Waals surface area contributed by atoms with Crippen LogP contribution in [0.15, 0.2) is 36.4 Å². The van der Waals surface area contributed by atoms with Crippen molar-refractivity contribution in [2.75, 3.05) is 0 Å². The van der Waals surface area contributed by atoms with Gasteiger partial charge in [0.2, 0.25) is 0 Å². The molecule has 0 bridgehead atoms. The molecule has 0 fully saturated rings. The fourth-order valence-corrected chi connectivity index (χ4v) is 2.80. The Balaban J connectivity index is 2.00. The number of alkyl halides is 8. The third kappa shape index (κ3) is 5.68. The average Bonchev–Trinajstić information content (AvgIpc) is 3.19. The van der Waals surface area contributed by atoms with Gasteiger partial charge in [-0.1, -0.05) is 5.21 Å². The van der Waals surface area contributed by atoms with Crippen molar-refractivity contribution < 1.29 is 44.6 Å². The molecule has 3 aromatic rings. The van der Waals surface area contributed by atoms with Gasteiger partial charge >= 0.3 is 19.0 Å². The highest BCUT2D eigenvalue weighted by Crippen LogP contribution is 2.37. The molecule has 1 N–H and O–H groups in total. The Bertz CT molecular complexity index is 1180. The number of rotatable bonds is 6. The number of halogens is 8. The SMILES string of the molecule is N#Cc1[nH]nnc1-c1cc(OCc2cc(C(F)(F)F)ccc2C(F)(F)F)cc(OC(F)F)c1. The smallest absolute Gasteiger partial charge is 0.416 e. The number of aromatic nitrogens is 3. The summed E-state index contributed by atoms with van der Waals surface area (Å²) in [6.45, 7) is -4.26. The fourth-order valence-electron chi connectivity index (χ4n) is 2.80. The van der Waals surface area contributed by atoms with E-state index in [1.165, 1.54) is 0 Å². The minimum Gasteiger partial charge on any atom is -0.489 e. The molecule has 0 atom stereocenters. The molecule has 14 heteroatoms. The van der Waals surface area contributed by atoms with Gasteiger partial charge < -0.3 is 9.47 Å². The molecular formula is C19H10F8N4O2. The third-order valence-electron chi connectivity index (χ3n) is 4.17. The molecule has 0 unspecified atom stereocenters. The highest BCUT2D eigenvalue weighted by Gasteiger charge is 2.37. The van der Waals surface area contributed by atoms with E-state index in [0.29, 0.717) is 0 Å². The van der Waals surface area contributed by atoms with Gasteiger partial charge in [0, 0.05) is 17.2 Å². The predicted octanol–water partition coefficient (Wildman–Crippen LogP) is 5.56. The Hall–Kier alpha value is -3.89. The summed E-state index contributed by atoms with van der Waals surface area (Å²) in [5, 5.41) is 18.3. The van der Waals surface area contributed by atoms with Crippen LogP contribution >= 0.6 is 0 Å². The fraction of sp³-hybridized carbons (Fsp3) is 0.211. The molecule has 33 heavy (non-hydrogen) atoms. The number of benzene rings is 2. The minimum absolute atomic E-state index is 0.0199. The van der Waals surface area contributed by atoms with Gasteiger partial charge in [0.15, 0.2) is 5.69 Å². The lowest BCUT2D eigenvalue weighted by Gasteiger charge is -2.17. The van der Waals surface area contributed by atoms with Crippen LogP contribution in [-0.2, 0) is 19.0 Å². The van der Waals surface area contributed by atoms with Crippen molar-refractivity contribution in [3.8, 4) is 28.8 Å². The Morgan fingerprint density at radius 2 is 1.67 bits per heavy atom. The molecule has 6 nitrogen and oxygen atoms in total. The lowest BCUT2D eigenvalue weighted by atomic mass is 10.0. The molecule has 174 valence electrons. The van der Waals surface area contributed by atoms with Gasteiger partial charge in [0.1, 0.15) is 29.9 Å². The van der Waals surface area contributed by atoms with Crippen LogP contribution in [0.5, 0.6) is 11.5 Å². The number of hydrogen-bond donors (Lipinski definition) is 1. The molecule has 0 radical (unpaired) electrons. The van der Waals surface area contributed by atoms with Crippen molar-refractivity contribution in [1.29, 1.82) is 5.26 Å². The molecule has 1 aromatic heterocycles. The second kappa shape index (κ2) is 8.93. The normalized spacial score (nSPS) is 12.0. The Morgan fingerprint density at radius 1 is 0.970 bits per heavy atom. The first-order chi connectivity index (χ1) is 15.4. The zero-order valence-electron chi connectivity index (χ0n) is 15.9. The second-order valence-electron chi connectivity index (χ2n) is 6.37. The molecule has 0 aliphatic rings. The molecule has 0 spiro atoms. The molecule has 0 saturated heterocycles. The lowest BCUT2D eigenvalue weighted by molar-refractivity contribution is -0.142. The summed E-state index contributed by atoms with van der Waals surface area (Å²) in [7, 11) is 0. The van der Waals surface area contributed by atoms with Crippen LogP contribution in [0, 0.1) is 11.3 Å². The monoisotopic (exact) mass is 478 g/mol. The topological polar surface area (TPSA) is 83.8 Å². The molecular weight excluding hydrogens is 468 g/mol. The van der Waals surface area contributed by atoms with Crippen molar-refractivity contribution in [3.63, 3.8) is 0 Å². The zero-order chi connectivity index (χ0) is 24.4. The predicted molar refractivity (Wildman–Crippen MR) is 93.9 cm³/mol. The van der Waals surface area contributed by atoms with E-state index in [9.17, 15) is 35.1 Å². The molecule has 0 aliphatic carbocycles. The molecule has 0 saturated carbocycles. The Morgan fingerprint density at radius 3 is 2.27 bits per heavy atom. The largest absolute Gasteiger partial charge is 0.489 e. The van der Waals surface area contributed by atoms with Crippen LogP contribution < -0.4 is 9.47 Å². The molecule has 1 heterocycles. The van der Waals surface area contributed by atoms with E-state index in [1.807, 2.05) is 0 Å². The summed E-state index contributed by atoms with van der Waals surface area (Å²) >= 11 is 0. The van der Waals surface area contributed by atoms with Crippen LogP contribution in [0.25, 0.3) is 11.3 Å². The van der Waals surface area contributed by atoms with E-state index < -0.39 is 48.0 Å². The molecule has 0 amide bonds. The maximum Gasteiger partial charge on any atom is 0.416 e. The van der Waals surface area contributed by atoms with Crippen LogP contribution in [0.4, 0.5) is 35.1 Å². The van der Waals surface area contributed by atoms with Crippen molar-refractivity contribution in [2.24, 2.45) is 0 Å². The van der Waals surface area contributed by atoms with Gasteiger partial charge in [0.25, 0.3) is 0 Å². The summed E-state index contributed by atoms with van der Waals surface area (Å²) in [4.78, 5) is 0. The highest BCUT2D eigenvalue weighted by atomic mass is 19.4. The van der Waals surface area contributed by atoms with Crippen LogP contribution in [-0.4, -0.2) is 22.0 Å². The number of H-pyrrole nitrogens is 1. The second-order valence-corrected chi connectivity index (χ2v) is 6.37. The van der Waals surface area contributed by atoms with Crippen molar-refractivity contribution in [2.45, 2.75) is 25.6 Å². The molecule has 3 rings (SSSR count). The van der Waals surface area contributed by atoms with E-state index in [4.69, 9.17) is 10.00 Å². The third-order valence-corrected chi connectivity index (χ3v) is 4.17. The first kappa shape index (κ1) is 23.8. The van der Waals surface area contributed by atoms with E-state index >= 15 is 0 Å². The average molecular weight is 478 g/mol. The van der Waals surface area contributed by atoms with Gasteiger partial charge in [-0.05, 0) is 30.3 Å². The number of nitriles is 1. The number of hydrogen-bond acceptors (Lipinski definition) is 5. The number of nitrogens with zero attached hydrogens (tertiary/aromatic N) is 3. The zero-order valence-corrected chi connectivity index (χ0v) is 15.9.